The van der Waals surface area contributed by atoms with E-state index in [2.05, 4.69) is 229 Å². The van der Waals surface area contributed by atoms with Crippen molar-refractivity contribution in [2.75, 3.05) is 0 Å². The maximum absolute atomic E-state index is 5.42. The lowest BCUT2D eigenvalue weighted by Gasteiger charge is -2.22. The molecule has 4 nitrogen and oxygen atoms in total. The minimum absolute atomic E-state index is 0.143. The largest absolute Gasteiger partial charge is 0.309 e. The van der Waals surface area contributed by atoms with Crippen molar-refractivity contribution in [2.45, 2.75) is 19.3 Å². The minimum Gasteiger partial charge on any atom is -0.309 e. The summed E-state index contributed by atoms with van der Waals surface area (Å²) in [5.41, 5.74) is 18.2. The summed E-state index contributed by atoms with van der Waals surface area (Å²) in [5.74, 6) is 0.690. The summed E-state index contributed by atoms with van der Waals surface area (Å²) in [6.45, 7) is 4.73. The van der Waals surface area contributed by atoms with Crippen LogP contribution in [0.3, 0.4) is 0 Å². The van der Waals surface area contributed by atoms with Crippen LogP contribution in [-0.4, -0.2) is 19.1 Å². The average Bonchev–Trinajstić information content (AvgIpc) is 3.93. The molecule has 0 unspecified atom stereocenters. The van der Waals surface area contributed by atoms with Gasteiger partial charge in [-0.15, -0.1) is 0 Å². The van der Waals surface area contributed by atoms with Gasteiger partial charge in [-0.2, -0.15) is 0 Å². The van der Waals surface area contributed by atoms with Crippen molar-refractivity contribution in [3.8, 4) is 56.3 Å². The molecule has 9 aromatic carbocycles. The summed E-state index contributed by atoms with van der Waals surface area (Å²) >= 11 is 0. The monoisotopic (exact) mass is 804 g/mol. The van der Waals surface area contributed by atoms with Crippen LogP contribution in [0.2, 0.25) is 0 Å². The molecule has 4 heteroatoms. The topological polar surface area (TPSA) is 35.6 Å². The highest BCUT2D eigenvalue weighted by Gasteiger charge is 2.36. The number of nitrogens with zero attached hydrogens (tertiary/aromatic N) is 4. The summed E-state index contributed by atoms with van der Waals surface area (Å²) < 4.78 is 4.84. The van der Waals surface area contributed by atoms with E-state index >= 15 is 0 Å². The maximum atomic E-state index is 5.42. The lowest BCUT2D eigenvalue weighted by molar-refractivity contribution is 0.661. The Kier molecular flexibility index (Phi) is 7.62. The highest BCUT2D eigenvalue weighted by atomic mass is 15.0. The molecule has 0 saturated carbocycles. The first-order valence-corrected chi connectivity index (χ1v) is 21.7. The smallest absolute Gasteiger partial charge is 0.160 e. The Bertz CT molecular complexity index is 3820. The standard InChI is InChI=1S/C59H40N4/c1-59(2)50-25-13-9-21-43(50)47-35-49-45-23-12-16-28-54(45)63(56(49)36-51(47)59)42-32-39(31-40(33-42)58-60-52-26-14-10-24-46(52)57(61-58)37-17-5-3-6-18-37)38-29-30-55-48(34-38)44-22-11-15-27-53(44)62(55)41-19-7-4-8-20-41/h3-36H,1-2H3. The third kappa shape index (κ3) is 5.34. The number of rotatable bonds is 5. The number of aromatic nitrogens is 4. The number of hydrogen-bond acceptors (Lipinski definition) is 2. The maximum Gasteiger partial charge on any atom is 0.160 e. The third-order valence-corrected chi connectivity index (χ3v) is 13.5. The molecule has 1 aliphatic rings. The van der Waals surface area contributed by atoms with Gasteiger partial charge in [-0.25, -0.2) is 9.97 Å². The predicted octanol–water partition coefficient (Wildman–Crippen LogP) is 15.1. The number of para-hydroxylation sites is 4. The van der Waals surface area contributed by atoms with E-state index in [0.29, 0.717) is 5.82 Å². The van der Waals surface area contributed by atoms with Gasteiger partial charge in [0.1, 0.15) is 0 Å². The van der Waals surface area contributed by atoms with Crippen molar-refractivity contribution >= 4 is 54.5 Å². The molecule has 1 aliphatic carbocycles. The molecule has 0 radical (unpaired) electrons. The molecule has 0 bridgehead atoms. The summed E-state index contributed by atoms with van der Waals surface area (Å²) in [5, 5.41) is 5.94. The summed E-state index contributed by atoms with van der Waals surface area (Å²) in [4.78, 5) is 10.7. The molecule has 0 fully saturated rings. The third-order valence-electron chi connectivity index (χ3n) is 13.5. The first-order valence-electron chi connectivity index (χ1n) is 21.7. The van der Waals surface area contributed by atoms with E-state index in [0.717, 1.165) is 55.7 Å². The second kappa shape index (κ2) is 13.5. The first-order chi connectivity index (χ1) is 31.0. The summed E-state index contributed by atoms with van der Waals surface area (Å²) in [6, 6.07) is 74.8. The second-order valence-electron chi connectivity index (χ2n) is 17.4. The Hall–Kier alpha value is -8.08. The van der Waals surface area contributed by atoms with Crippen molar-refractivity contribution in [2.24, 2.45) is 0 Å². The molecular formula is C59H40N4. The van der Waals surface area contributed by atoms with E-state index in [9.17, 15) is 0 Å². The Balaban J connectivity index is 1.10. The first kappa shape index (κ1) is 35.7. The second-order valence-corrected chi connectivity index (χ2v) is 17.4. The Labute approximate surface area is 365 Å². The van der Waals surface area contributed by atoms with Gasteiger partial charge in [-0.3, -0.25) is 0 Å². The van der Waals surface area contributed by atoms with Gasteiger partial charge in [0.05, 0.1) is 33.3 Å². The highest BCUT2D eigenvalue weighted by Crippen LogP contribution is 2.51. The van der Waals surface area contributed by atoms with Crippen molar-refractivity contribution < 1.29 is 0 Å². The fourth-order valence-electron chi connectivity index (χ4n) is 10.5. The summed E-state index contributed by atoms with van der Waals surface area (Å²) in [6.07, 6.45) is 0. The molecule has 3 aromatic heterocycles. The fraction of sp³-hybridized carbons (Fsp3) is 0.0508. The van der Waals surface area contributed by atoms with E-state index in [1.807, 2.05) is 0 Å². The quantitative estimate of drug-likeness (QED) is 0.174. The van der Waals surface area contributed by atoms with Crippen LogP contribution < -0.4 is 0 Å². The minimum atomic E-state index is -0.143. The fourth-order valence-corrected chi connectivity index (χ4v) is 10.5. The van der Waals surface area contributed by atoms with Crippen LogP contribution in [0.1, 0.15) is 25.0 Å². The molecule has 0 amide bonds. The SMILES string of the molecule is CC1(C)c2ccccc2-c2cc3c4ccccc4n(-c4cc(-c5ccc6c(c5)c5ccccc5n6-c5ccccc5)cc(-c5nc(-c6ccccc6)c6ccccc6n5)c4)c3cc21. The van der Waals surface area contributed by atoms with Gasteiger partial charge < -0.3 is 9.13 Å². The van der Waals surface area contributed by atoms with Crippen LogP contribution in [-0.2, 0) is 5.41 Å². The molecule has 0 atom stereocenters. The van der Waals surface area contributed by atoms with Crippen molar-refractivity contribution in [1.82, 2.24) is 19.1 Å². The summed E-state index contributed by atoms with van der Waals surface area (Å²) in [7, 11) is 0. The lowest BCUT2D eigenvalue weighted by atomic mass is 9.82. The molecule has 0 spiro atoms. The van der Waals surface area contributed by atoms with Crippen LogP contribution in [0.4, 0.5) is 0 Å². The van der Waals surface area contributed by atoms with Crippen LogP contribution in [0, 0.1) is 0 Å². The van der Waals surface area contributed by atoms with E-state index in [-0.39, 0.29) is 5.41 Å². The van der Waals surface area contributed by atoms with Crippen LogP contribution in [0.25, 0.3) is 111 Å². The van der Waals surface area contributed by atoms with Crippen LogP contribution >= 0.6 is 0 Å². The van der Waals surface area contributed by atoms with Gasteiger partial charge in [-0.05, 0) is 106 Å². The normalized spacial score (nSPS) is 13.0. The van der Waals surface area contributed by atoms with Gasteiger partial charge >= 0.3 is 0 Å². The van der Waals surface area contributed by atoms with Crippen LogP contribution in [0.15, 0.2) is 206 Å². The number of hydrogen-bond donors (Lipinski definition) is 0. The zero-order valence-corrected chi connectivity index (χ0v) is 34.9. The predicted molar refractivity (Wildman–Crippen MR) is 262 cm³/mol. The van der Waals surface area contributed by atoms with Crippen molar-refractivity contribution in [3.05, 3.63) is 217 Å². The Morgan fingerprint density at radius 1 is 0.349 bits per heavy atom. The van der Waals surface area contributed by atoms with E-state index in [1.54, 1.807) is 0 Å². The molecule has 63 heavy (non-hydrogen) atoms. The van der Waals surface area contributed by atoms with Gasteiger partial charge in [0.2, 0.25) is 0 Å². The average molecular weight is 805 g/mol. The van der Waals surface area contributed by atoms with E-state index in [4.69, 9.17) is 9.97 Å². The Morgan fingerprint density at radius 2 is 0.952 bits per heavy atom. The van der Waals surface area contributed by atoms with E-state index in [1.165, 1.54) is 60.3 Å². The molecule has 13 rings (SSSR count). The number of fused-ring (bicyclic) bond motifs is 10. The van der Waals surface area contributed by atoms with Gasteiger partial charge in [0.25, 0.3) is 0 Å². The Morgan fingerprint density at radius 3 is 1.73 bits per heavy atom. The molecule has 3 heterocycles. The lowest BCUT2D eigenvalue weighted by Crippen LogP contribution is -2.15. The molecule has 0 aliphatic heterocycles. The zero-order chi connectivity index (χ0) is 41.8. The van der Waals surface area contributed by atoms with Crippen molar-refractivity contribution in [3.63, 3.8) is 0 Å². The van der Waals surface area contributed by atoms with Gasteiger partial charge in [0, 0.05) is 54.8 Å². The molecule has 0 saturated heterocycles. The molecule has 0 N–H and O–H groups in total. The molecule has 296 valence electrons. The van der Waals surface area contributed by atoms with Gasteiger partial charge in [-0.1, -0.05) is 147 Å². The zero-order valence-electron chi connectivity index (χ0n) is 34.9. The highest BCUT2D eigenvalue weighted by molar-refractivity contribution is 6.13. The number of benzene rings is 9. The van der Waals surface area contributed by atoms with Gasteiger partial charge in [0.15, 0.2) is 5.82 Å². The molecule has 12 aromatic rings. The van der Waals surface area contributed by atoms with Crippen molar-refractivity contribution in [1.29, 1.82) is 0 Å². The van der Waals surface area contributed by atoms with Crippen LogP contribution in [0.5, 0.6) is 0 Å². The molecular weight excluding hydrogens is 765 g/mol. The van der Waals surface area contributed by atoms with E-state index < -0.39 is 0 Å².